The van der Waals surface area contributed by atoms with Crippen LogP contribution in [0.3, 0.4) is 0 Å². The minimum absolute atomic E-state index is 0. The zero-order valence-corrected chi connectivity index (χ0v) is 39.4. The predicted octanol–water partition coefficient (Wildman–Crippen LogP) is 7.92. The van der Waals surface area contributed by atoms with Gasteiger partial charge in [-0.25, -0.2) is 0 Å². The van der Waals surface area contributed by atoms with E-state index < -0.39 is 68.4 Å². The third-order valence-corrected chi connectivity index (χ3v) is 10.7. The summed E-state index contributed by atoms with van der Waals surface area (Å²) in [6, 6.07) is 12.0. The van der Waals surface area contributed by atoms with Gasteiger partial charge in [-0.2, -0.15) is 0 Å². The van der Waals surface area contributed by atoms with Crippen LogP contribution >= 0.6 is 35.7 Å². The van der Waals surface area contributed by atoms with E-state index in [1.54, 1.807) is 48.5 Å². The molecule has 2 fully saturated rings. The summed E-state index contributed by atoms with van der Waals surface area (Å²) in [7, 11) is 21.6. The number of amides is 4. The van der Waals surface area contributed by atoms with Crippen LogP contribution in [0.5, 0.6) is 0 Å². The van der Waals surface area contributed by atoms with E-state index in [0.29, 0.717) is 22.3 Å². The summed E-state index contributed by atoms with van der Waals surface area (Å²) in [5.74, 6) is -3.56. The van der Waals surface area contributed by atoms with Crippen molar-refractivity contribution >= 4 is 91.1 Å². The molecule has 4 aliphatic rings. The molecule has 0 spiro atoms. The number of nitrogens with zero attached hydrogens (tertiary/aromatic N) is 2. The second-order valence-electron chi connectivity index (χ2n) is 14.4. The Bertz CT molecular complexity index is 1860. The van der Waals surface area contributed by atoms with Gasteiger partial charge in [-0.05, 0) is 47.9 Å². The molecular weight excluding hydrogens is 1000 g/mol. The summed E-state index contributed by atoms with van der Waals surface area (Å²) in [5.41, 5.74) is 1.43. The van der Waals surface area contributed by atoms with Crippen molar-refractivity contribution in [3.8, 4) is 0 Å². The molecule has 4 amide bonds. The summed E-state index contributed by atoms with van der Waals surface area (Å²) in [4.78, 5) is 87.8. The summed E-state index contributed by atoms with van der Waals surface area (Å²) in [6.07, 6.45) is -2.84. The van der Waals surface area contributed by atoms with Crippen molar-refractivity contribution in [2.45, 2.75) is 108 Å². The first-order valence-electron chi connectivity index (χ1n) is 18.6. The molecule has 10 unspecified atom stereocenters. The maximum absolute atomic E-state index is 12.9. The van der Waals surface area contributed by atoms with Crippen LogP contribution in [0, 0.1) is 23.7 Å². The van der Waals surface area contributed by atoms with Crippen LogP contribution in [-0.4, -0.2) is 122 Å². The Morgan fingerprint density at radius 3 is 1.13 bits per heavy atom. The molecule has 0 radical (unpaired) electrons. The minimum atomic E-state index is -3.29. The van der Waals surface area contributed by atoms with Gasteiger partial charge in [0, 0.05) is 27.9 Å². The van der Waals surface area contributed by atoms with Crippen LogP contribution in [-0.2, 0) is 42.8 Å². The van der Waals surface area contributed by atoms with Crippen molar-refractivity contribution in [2.75, 3.05) is 20.3 Å². The fourth-order valence-electron chi connectivity index (χ4n) is 7.46. The first kappa shape index (κ1) is 57.0. The van der Waals surface area contributed by atoms with E-state index in [-0.39, 0.29) is 83.1 Å². The Morgan fingerprint density at radius 2 is 0.855 bits per heavy atom. The van der Waals surface area contributed by atoms with E-state index in [2.05, 4.69) is 0 Å². The maximum atomic E-state index is 12.9. The number of ether oxygens (including phenoxy) is 6. The van der Waals surface area contributed by atoms with Gasteiger partial charge in [0.1, 0.15) is 19.3 Å². The third kappa shape index (κ3) is 13.5. The van der Waals surface area contributed by atoms with Gasteiger partial charge in [-0.15, -0.1) is 0 Å². The standard InChI is InChI=1S/C20H23NO7.C19H23NO6.3CH4.4ClH.Sn/c1-10-11(2)17(20(27-13(4)23)28-16(10)9-26-12(3)22)21-18(24)14-7-5-6-8-15(14)19(21)25;1-10-11(2)16(19(24-4)26-15(10)9-25-12(3)21)20-17(22)13-7-5-6-8-14(13)18(20)23;;;;;;;;/h5-8,10-11,16-17,20H,9H2,1-4H3;5-8,10-11,15-16,19H,9H2,1-4H3;3*1H4;4*1H;/q;;;;;;;;;+4/p-4. The fraction of sp³-hybridized carbons (Fsp3) is 0.548. The van der Waals surface area contributed by atoms with Crippen molar-refractivity contribution in [3.05, 3.63) is 70.8 Å². The number of carbonyl (C=O) groups excluding carboxylic acids is 7. The molecule has 10 atom stereocenters. The van der Waals surface area contributed by atoms with Gasteiger partial charge in [0.05, 0.1) is 40.5 Å². The second-order valence-corrected chi connectivity index (χ2v) is 39.9. The first-order chi connectivity index (χ1) is 27.6. The molecule has 62 heavy (non-hydrogen) atoms. The van der Waals surface area contributed by atoms with Crippen molar-refractivity contribution in [1.29, 1.82) is 0 Å². The van der Waals surface area contributed by atoms with E-state index in [0.717, 1.165) is 4.90 Å². The number of hydrogen-bond acceptors (Lipinski definition) is 13. The van der Waals surface area contributed by atoms with Crippen LogP contribution < -0.4 is 0 Å². The van der Waals surface area contributed by atoms with Crippen molar-refractivity contribution in [1.82, 2.24) is 9.80 Å². The number of esters is 3. The number of methoxy groups -OCH3 is 1. The van der Waals surface area contributed by atoms with Crippen molar-refractivity contribution in [2.24, 2.45) is 23.7 Å². The Kier molecular flexibility index (Phi) is 22.3. The van der Waals surface area contributed by atoms with E-state index in [1.165, 1.54) is 32.8 Å². The molecule has 0 aliphatic carbocycles. The number of benzene rings is 2. The van der Waals surface area contributed by atoms with Crippen LogP contribution in [0.25, 0.3) is 0 Å². The first-order valence-corrected chi connectivity index (χ1v) is 33.0. The second kappa shape index (κ2) is 24.3. The van der Waals surface area contributed by atoms with Gasteiger partial charge in [-0.1, -0.05) is 74.2 Å². The molecule has 15 nitrogen and oxygen atoms in total. The Labute approximate surface area is 382 Å². The summed E-state index contributed by atoms with van der Waals surface area (Å²) in [5, 5.41) is 0. The van der Waals surface area contributed by atoms with Crippen molar-refractivity contribution in [3.63, 3.8) is 0 Å². The summed E-state index contributed by atoms with van der Waals surface area (Å²) in [6.45, 7) is 11.6. The molecule has 6 rings (SSSR count). The molecule has 2 saturated heterocycles. The average molecular weight is 1060 g/mol. The molecule has 346 valence electrons. The zero-order valence-electron chi connectivity index (χ0n) is 33.5. The van der Waals surface area contributed by atoms with E-state index in [1.807, 2.05) is 27.7 Å². The van der Waals surface area contributed by atoms with E-state index in [9.17, 15) is 33.6 Å². The average Bonchev–Trinajstić information content (AvgIpc) is 3.56. The van der Waals surface area contributed by atoms with Gasteiger partial charge in [0.25, 0.3) is 23.6 Å². The van der Waals surface area contributed by atoms with Gasteiger partial charge < -0.3 is 28.4 Å². The molecule has 4 aliphatic heterocycles. The molecule has 0 N–H and O–H groups in total. The summed E-state index contributed by atoms with van der Waals surface area (Å²) >= 11 is -3.29. The van der Waals surface area contributed by atoms with E-state index >= 15 is 0 Å². The summed E-state index contributed by atoms with van der Waals surface area (Å²) < 4.78 is 32.7. The van der Waals surface area contributed by atoms with Gasteiger partial charge in [0.2, 0.25) is 6.29 Å². The number of carbonyl (C=O) groups is 7. The molecule has 20 heteroatoms. The normalized spacial score (nSPS) is 27.3. The van der Waals surface area contributed by atoms with Crippen LogP contribution in [0.1, 0.15) is 112 Å². The number of hydrogen-bond donors (Lipinski definition) is 0. The number of imide groups is 2. The van der Waals surface area contributed by atoms with Crippen LogP contribution in [0.2, 0.25) is 0 Å². The quantitative estimate of drug-likeness (QED) is 0.108. The van der Waals surface area contributed by atoms with Gasteiger partial charge >= 0.3 is 67.5 Å². The number of fused-ring (bicyclic) bond motifs is 2. The fourth-order valence-corrected chi connectivity index (χ4v) is 7.46. The van der Waals surface area contributed by atoms with Crippen molar-refractivity contribution < 1.29 is 62.0 Å². The number of halogens is 4. The Hall–Kier alpha value is -3.03. The molecule has 0 saturated carbocycles. The molecule has 4 heterocycles. The van der Waals surface area contributed by atoms with E-state index in [4.69, 9.17) is 64.1 Å². The molecule has 0 aromatic heterocycles. The monoisotopic (exact) mass is 1060 g/mol. The Balaban J connectivity index is 0.000000536. The molecule has 0 bridgehead atoms. The topological polar surface area (TPSA) is 181 Å². The predicted molar refractivity (Wildman–Crippen MR) is 237 cm³/mol. The third-order valence-electron chi connectivity index (χ3n) is 10.7. The molecule has 2 aromatic carbocycles. The van der Waals surface area contributed by atoms with Gasteiger partial charge in [0.15, 0.2) is 6.29 Å². The van der Waals surface area contributed by atoms with Gasteiger partial charge in [-0.3, -0.25) is 43.4 Å². The Morgan fingerprint density at radius 1 is 0.565 bits per heavy atom. The SMILES string of the molecule is C.C.C.CC(=O)OCC1OC(OC(C)=O)C(N2C(=O)c3ccccc3C2=O)C(C)C1C.COC1OC(COC(C)=O)C(C)C(C)C1N1C(=O)c2ccccc2C1=O.[Cl][Sn]([Cl])([Cl])[Cl]. The molecule has 2 aromatic rings. The number of rotatable bonds is 8. The van der Waals surface area contributed by atoms with Crippen LogP contribution in [0.15, 0.2) is 48.5 Å². The van der Waals surface area contributed by atoms with Crippen LogP contribution in [0.4, 0.5) is 0 Å². The zero-order chi connectivity index (χ0) is 44.1. The molecular formula is C42H58Cl4N2O13Sn.